The minimum atomic E-state index is -0.439. The average Bonchev–Trinajstić information content (AvgIpc) is 2.79. The number of nitrogens with zero attached hydrogens (tertiary/aromatic N) is 2. The van der Waals surface area contributed by atoms with E-state index in [1.165, 1.54) is 0 Å². The van der Waals surface area contributed by atoms with Gasteiger partial charge in [-0.1, -0.05) is 0 Å². The van der Waals surface area contributed by atoms with Crippen molar-refractivity contribution < 1.29 is 9.13 Å². The monoisotopic (exact) mass is 240 g/mol. The van der Waals surface area contributed by atoms with Crippen molar-refractivity contribution in [1.82, 2.24) is 9.97 Å². The predicted molar refractivity (Wildman–Crippen MR) is 63.6 cm³/mol. The normalized spacial score (nSPS) is 23.7. The summed E-state index contributed by atoms with van der Waals surface area (Å²) in [7, 11) is 3.38. The highest BCUT2D eigenvalue weighted by atomic mass is 19.1. The van der Waals surface area contributed by atoms with Crippen molar-refractivity contribution in [2.24, 2.45) is 0 Å². The van der Waals surface area contributed by atoms with Crippen LogP contribution in [0, 0.1) is 5.82 Å². The summed E-state index contributed by atoms with van der Waals surface area (Å²) < 4.78 is 18.9. The third-order valence-electron chi connectivity index (χ3n) is 3.05. The van der Waals surface area contributed by atoms with Crippen LogP contribution in [0.15, 0.2) is 6.20 Å². The van der Waals surface area contributed by atoms with Gasteiger partial charge in [-0.25, -0.2) is 9.37 Å². The topological polar surface area (TPSA) is 59.1 Å². The first-order chi connectivity index (χ1) is 8.24. The highest BCUT2D eigenvalue weighted by molar-refractivity contribution is 5.42. The number of hydrogen-bond acceptors (Lipinski definition) is 5. The van der Waals surface area contributed by atoms with Gasteiger partial charge in [0, 0.05) is 14.2 Å². The Kier molecular flexibility index (Phi) is 3.73. The van der Waals surface area contributed by atoms with E-state index < -0.39 is 5.82 Å². The van der Waals surface area contributed by atoms with Crippen molar-refractivity contribution in [1.29, 1.82) is 0 Å². The Morgan fingerprint density at radius 2 is 2.29 bits per heavy atom. The molecule has 2 unspecified atom stereocenters. The van der Waals surface area contributed by atoms with Crippen molar-refractivity contribution in [3.63, 3.8) is 0 Å². The third kappa shape index (κ3) is 2.63. The zero-order valence-electron chi connectivity index (χ0n) is 10.0. The number of hydrogen-bond donors (Lipinski definition) is 2. The second kappa shape index (κ2) is 5.27. The molecule has 0 saturated heterocycles. The van der Waals surface area contributed by atoms with Crippen LogP contribution in [0.4, 0.5) is 16.2 Å². The summed E-state index contributed by atoms with van der Waals surface area (Å²) in [6.07, 6.45) is 4.35. The molecule has 2 rings (SSSR count). The van der Waals surface area contributed by atoms with Gasteiger partial charge in [-0.15, -0.1) is 0 Å². The number of halogens is 1. The van der Waals surface area contributed by atoms with Crippen molar-refractivity contribution in [2.45, 2.75) is 31.4 Å². The van der Waals surface area contributed by atoms with Crippen LogP contribution in [0.5, 0.6) is 0 Å². The quantitative estimate of drug-likeness (QED) is 0.837. The van der Waals surface area contributed by atoms with Crippen LogP contribution in [-0.4, -0.2) is 36.3 Å². The van der Waals surface area contributed by atoms with Crippen LogP contribution in [0.1, 0.15) is 19.3 Å². The van der Waals surface area contributed by atoms with Gasteiger partial charge in [-0.05, 0) is 19.3 Å². The number of rotatable bonds is 4. The summed E-state index contributed by atoms with van der Waals surface area (Å²) in [5.74, 6) is 0.199. The zero-order valence-corrected chi connectivity index (χ0v) is 10.0. The van der Waals surface area contributed by atoms with Gasteiger partial charge in [0.05, 0.1) is 18.3 Å². The van der Waals surface area contributed by atoms with Crippen LogP contribution in [0.2, 0.25) is 0 Å². The molecule has 0 spiro atoms. The molecule has 1 aromatic heterocycles. The minimum Gasteiger partial charge on any atom is -0.379 e. The lowest BCUT2D eigenvalue weighted by Crippen LogP contribution is -2.30. The number of ether oxygens (including phenoxy) is 1. The van der Waals surface area contributed by atoms with E-state index in [1.807, 2.05) is 0 Å². The maximum atomic E-state index is 13.5. The smallest absolute Gasteiger partial charge is 0.224 e. The molecule has 0 bridgehead atoms. The molecule has 5 nitrogen and oxygen atoms in total. The molecule has 2 atom stereocenters. The second-order valence-corrected chi connectivity index (χ2v) is 4.10. The Bertz CT molecular complexity index is 388. The Hall–Kier alpha value is -1.43. The summed E-state index contributed by atoms with van der Waals surface area (Å²) in [6.45, 7) is 0. The van der Waals surface area contributed by atoms with E-state index in [9.17, 15) is 4.39 Å². The van der Waals surface area contributed by atoms with Gasteiger partial charge >= 0.3 is 0 Å². The van der Waals surface area contributed by atoms with Crippen LogP contribution >= 0.6 is 0 Å². The van der Waals surface area contributed by atoms with E-state index in [0.29, 0.717) is 5.95 Å². The summed E-state index contributed by atoms with van der Waals surface area (Å²) >= 11 is 0. The molecule has 1 fully saturated rings. The molecule has 1 saturated carbocycles. The molecular weight excluding hydrogens is 223 g/mol. The lowest BCUT2D eigenvalue weighted by atomic mass is 10.2. The highest BCUT2D eigenvalue weighted by Gasteiger charge is 2.28. The van der Waals surface area contributed by atoms with Gasteiger partial charge in [0.2, 0.25) is 5.95 Å². The molecule has 0 amide bonds. The predicted octanol–water partition coefficient (Wildman–Crippen LogP) is 1.64. The largest absolute Gasteiger partial charge is 0.379 e. The van der Waals surface area contributed by atoms with Gasteiger partial charge in [0.1, 0.15) is 0 Å². The molecule has 6 heteroatoms. The Morgan fingerprint density at radius 1 is 1.47 bits per heavy atom. The van der Waals surface area contributed by atoms with Crippen molar-refractivity contribution in [3.05, 3.63) is 12.0 Å². The molecule has 1 aliphatic carbocycles. The second-order valence-electron chi connectivity index (χ2n) is 4.10. The van der Waals surface area contributed by atoms with Gasteiger partial charge in [0.15, 0.2) is 11.6 Å². The minimum absolute atomic E-state index is 0.120. The van der Waals surface area contributed by atoms with E-state index in [2.05, 4.69) is 20.6 Å². The van der Waals surface area contributed by atoms with Crippen molar-refractivity contribution in [3.8, 4) is 0 Å². The van der Waals surface area contributed by atoms with Crippen LogP contribution in [0.3, 0.4) is 0 Å². The van der Waals surface area contributed by atoms with E-state index in [-0.39, 0.29) is 18.0 Å². The zero-order chi connectivity index (χ0) is 12.3. The first-order valence-electron chi connectivity index (χ1n) is 5.74. The maximum absolute atomic E-state index is 13.5. The van der Waals surface area contributed by atoms with Gasteiger partial charge in [0.25, 0.3) is 0 Å². The average molecular weight is 240 g/mol. The van der Waals surface area contributed by atoms with Gasteiger partial charge in [-0.3, -0.25) is 0 Å². The lowest BCUT2D eigenvalue weighted by molar-refractivity contribution is 0.101. The van der Waals surface area contributed by atoms with E-state index in [1.54, 1.807) is 14.2 Å². The van der Waals surface area contributed by atoms with Crippen LogP contribution in [0.25, 0.3) is 0 Å². The fourth-order valence-electron chi connectivity index (χ4n) is 2.14. The standard InChI is InChI=1S/C11H17FN4O/c1-13-11-14-6-7(12)10(16-11)15-8-4-3-5-9(8)17-2/h6,8-9H,3-5H2,1-2H3,(H2,13,14,15,16). The molecule has 1 heterocycles. The van der Waals surface area contributed by atoms with Crippen LogP contribution in [-0.2, 0) is 4.74 Å². The fourth-order valence-corrected chi connectivity index (χ4v) is 2.14. The summed E-state index contributed by atoms with van der Waals surface area (Å²) in [4.78, 5) is 7.86. The highest BCUT2D eigenvalue weighted by Crippen LogP contribution is 2.25. The van der Waals surface area contributed by atoms with Gasteiger partial charge in [-0.2, -0.15) is 4.98 Å². The Balaban J connectivity index is 2.12. The molecule has 0 radical (unpaired) electrons. The Labute approximate surface area is 99.8 Å². The molecular formula is C11H17FN4O. The molecule has 0 aliphatic heterocycles. The van der Waals surface area contributed by atoms with Gasteiger partial charge < -0.3 is 15.4 Å². The summed E-state index contributed by atoms with van der Waals surface area (Å²) in [5.41, 5.74) is 0. The third-order valence-corrected chi connectivity index (χ3v) is 3.05. The van der Waals surface area contributed by atoms with E-state index in [4.69, 9.17) is 4.74 Å². The number of anilines is 2. The van der Waals surface area contributed by atoms with Crippen LogP contribution < -0.4 is 10.6 Å². The van der Waals surface area contributed by atoms with E-state index in [0.717, 1.165) is 25.5 Å². The molecule has 2 N–H and O–H groups in total. The van der Waals surface area contributed by atoms with E-state index >= 15 is 0 Å². The van der Waals surface area contributed by atoms with Crippen molar-refractivity contribution >= 4 is 11.8 Å². The first kappa shape index (κ1) is 12.0. The molecule has 0 aromatic carbocycles. The first-order valence-corrected chi connectivity index (χ1v) is 5.74. The number of aromatic nitrogens is 2. The SMILES string of the molecule is CNc1ncc(F)c(NC2CCCC2OC)n1. The lowest BCUT2D eigenvalue weighted by Gasteiger charge is -2.20. The number of nitrogens with one attached hydrogen (secondary N) is 2. The Morgan fingerprint density at radius 3 is 3.00 bits per heavy atom. The fraction of sp³-hybridized carbons (Fsp3) is 0.636. The molecule has 17 heavy (non-hydrogen) atoms. The maximum Gasteiger partial charge on any atom is 0.224 e. The molecule has 1 aromatic rings. The van der Waals surface area contributed by atoms with Crippen molar-refractivity contribution in [2.75, 3.05) is 24.8 Å². The summed E-state index contributed by atoms with van der Waals surface area (Å²) in [6, 6.07) is 0.120. The summed E-state index contributed by atoms with van der Waals surface area (Å²) in [5, 5.41) is 5.88. The number of methoxy groups -OCH3 is 1. The molecule has 1 aliphatic rings. The molecule has 94 valence electrons.